The van der Waals surface area contributed by atoms with Crippen LogP contribution in [0.1, 0.15) is 5.56 Å². The first kappa shape index (κ1) is 15.5. The minimum Gasteiger partial charge on any atom is -0.348 e. The van der Waals surface area contributed by atoms with Gasteiger partial charge in [-0.25, -0.2) is 0 Å². The van der Waals surface area contributed by atoms with Crippen LogP contribution in [0.15, 0.2) is 18.2 Å². The van der Waals surface area contributed by atoms with Gasteiger partial charge in [-0.15, -0.1) is 0 Å². The van der Waals surface area contributed by atoms with E-state index in [2.05, 4.69) is 10.6 Å². The first-order valence-corrected chi connectivity index (χ1v) is 6.25. The van der Waals surface area contributed by atoms with E-state index in [4.69, 9.17) is 11.6 Å². The molecule has 0 bridgehead atoms. The van der Waals surface area contributed by atoms with Gasteiger partial charge in [0.05, 0.1) is 13.1 Å². The normalized spacial score (nSPS) is 10.1. The number of carbonyl (C=O) groups excluding carboxylic acids is 2. The maximum absolute atomic E-state index is 11.7. The van der Waals surface area contributed by atoms with Crippen LogP contribution in [0.5, 0.6) is 0 Å². The number of aryl methyl sites for hydroxylation is 1. The molecule has 5 nitrogen and oxygen atoms in total. The Bertz CT molecular complexity index is 475. The smallest absolute Gasteiger partial charge is 0.238 e. The first-order valence-electron chi connectivity index (χ1n) is 5.87. The third-order valence-corrected chi connectivity index (χ3v) is 2.77. The van der Waals surface area contributed by atoms with Gasteiger partial charge < -0.3 is 10.2 Å². The Labute approximate surface area is 117 Å². The second-order valence-corrected chi connectivity index (χ2v) is 4.84. The van der Waals surface area contributed by atoms with Gasteiger partial charge in [0.2, 0.25) is 11.8 Å². The van der Waals surface area contributed by atoms with Gasteiger partial charge in [-0.3, -0.25) is 14.9 Å². The quantitative estimate of drug-likeness (QED) is 0.855. The molecule has 1 aromatic carbocycles. The van der Waals surface area contributed by atoms with E-state index in [1.54, 1.807) is 26.2 Å². The highest BCUT2D eigenvalue weighted by Crippen LogP contribution is 2.19. The third kappa shape index (κ3) is 5.28. The fourth-order valence-corrected chi connectivity index (χ4v) is 1.54. The Kier molecular flexibility index (Phi) is 5.79. The summed E-state index contributed by atoms with van der Waals surface area (Å²) in [5.41, 5.74) is 1.61. The number of hydrogen-bond donors (Lipinski definition) is 2. The van der Waals surface area contributed by atoms with Crippen LogP contribution >= 0.6 is 11.6 Å². The lowest BCUT2D eigenvalue weighted by molar-refractivity contribution is -0.127. The van der Waals surface area contributed by atoms with E-state index >= 15 is 0 Å². The zero-order valence-corrected chi connectivity index (χ0v) is 12.0. The molecular formula is C13H18ClN3O2. The number of rotatable bonds is 5. The van der Waals surface area contributed by atoms with Gasteiger partial charge in [0, 0.05) is 24.8 Å². The van der Waals surface area contributed by atoms with Crippen molar-refractivity contribution >= 4 is 29.1 Å². The summed E-state index contributed by atoms with van der Waals surface area (Å²) in [4.78, 5) is 24.4. The first-order chi connectivity index (χ1) is 8.90. The molecule has 1 rings (SSSR count). The summed E-state index contributed by atoms with van der Waals surface area (Å²) in [6, 6.07) is 5.29. The number of anilines is 1. The van der Waals surface area contributed by atoms with Gasteiger partial charge in [-0.05, 0) is 24.6 Å². The number of nitrogens with zero attached hydrogens (tertiary/aromatic N) is 1. The van der Waals surface area contributed by atoms with Crippen molar-refractivity contribution in [2.75, 3.05) is 32.5 Å². The Morgan fingerprint density at radius 3 is 2.58 bits per heavy atom. The van der Waals surface area contributed by atoms with Gasteiger partial charge in [0.15, 0.2) is 0 Å². The summed E-state index contributed by atoms with van der Waals surface area (Å²) in [5.74, 6) is -0.288. The molecule has 1 aromatic rings. The average molecular weight is 284 g/mol. The van der Waals surface area contributed by atoms with Gasteiger partial charge >= 0.3 is 0 Å². The van der Waals surface area contributed by atoms with Crippen LogP contribution in [0.4, 0.5) is 5.69 Å². The Balaban J connectivity index is 2.43. The van der Waals surface area contributed by atoms with Crippen molar-refractivity contribution in [3.8, 4) is 0 Å². The highest BCUT2D eigenvalue weighted by Gasteiger charge is 2.07. The molecule has 0 aliphatic carbocycles. The van der Waals surface area contributed by atoms with Crippen LogP contribution in [0, 0.1) is 6.92 Å². The summed E-state index contributed by atoms with van der Waals surface area (Å²) in [6.45, 7) is 2.09. The summed E-state index contributed by atoms with van der Waals surface area (Å²) >= 11 is 5.86. The van der Waals surface area contributed by atoms with Crippen molar-refractivity contribution in [1.82, 2.24) is 10.2 Å². The Hall–Kier alpha value is -1.59. The highest BCUT2D eigenvalue weighted by atomic mass is 35.5. The molecule has 104 valence electrons. The molecular weight excluding hydrogens is 266 g/mol. The summed E-state index contributed by atoms with van der Waals surface area (Å²) < 4.78 is 0. The topological polar surface area (TPSA) is 61.4 Å². The fourth-order valence-electron chi connectivity index (χ4n) is 1.36. The summed E-state index contributed by atoms with van der Waals surface area (Å²) in [6.07, 6.45) is 0. The maximum atomic E-state index is 11.7. The molecule has 0 aromatic heterocycles. The minimum atomic E-state index is -0.211. The minimum absolute atomic E-state index is 0.0749. The predicted molar refractivity (Wildman–Crippen MR) is 76.4 cm³/mol. The van der Waals surface area contributed by atoms with Crippen molar-refractivity contribution in [3.05, 3.63) is 28.8 Å². The van der Waals surface area contributed by atoms with Crippen molar-refractivity contribution in [2.45, 2.75) is 6.92 Å². The monoisotopic (exact) mass is 283 g/mol. The van der Waals surface area contributed by atoms with E-state index in [9.17, 15) is 9.59 Å². The number of nitrogens with one attached hydrogen (secondary N) is 2. The zero-order valence-electron chi connectivity index (χ0n) is 11.3. The van der Waals surface area contributed by atoms with Crippen molar-refractivity contribution in [2.24, 2.45) is 0 Å². The molecule has 2 amide bonds. The molecule has 0 aliphatic rings. The Morgan fingerprint density at radius 2 is 1.95 bits per heavy atom. The molecule has 0 unspecified atom stereocenters. The second kappa shape index (κ2) is 7.11. The molecule has 0 spiro atoms. The number of halogens is 1. The molecule has 0 radical (unpaired) electrons. The number of carbonyl (C=O) groups is 2. The SMILES string of the molecule is Cc1ccc(Cl)cc1NC(=O)CNCC(=O)N(C)C. The van der Waals surface area contributed by atoms with Crippen LogP contribution in [0.2, 0.25) is 5.02 Å². The average Bonchev–Trinajstić information content (AvgIpc) is 2.33. The number of likely N-dealkylation sites (N-methyl/N-ethyl adjacent to an activating group) is 1. The van der Waals surface area contributed by atoms with E-state index in [1.165, 1.54) is 4.90 Å². The second-order valence-electron chi connectivity index (χ2n) is 4.40. The van der Waals surface area contributed by atoms with Crippen LogP contribution in [0.3, 0.4) is 0 Å². The van der Waals surface area contributed by atoms with Crippen molar-refractivity contribution in [3.63, 3.8) is 0 Å². The molecule has 0 aliphatic heterocycles. The molecule has 6 heteroatoms. The molecule has 0 atom stereocenters. The summed E-state index contributed by atoms with van der Waals surface area (Å²) in [7, 11) is 3.33. The number of amides is 2. The van der Waals surface area contributed by atoms with E-state index < -0.39 is 0 Å². The predicted octanol–water partition coefficient (Wildman–Crippen LogP) is 1.26. The van der Waals surface area contributed by atoms with E-state index in [0.29, 0.717) is 10.7 Å². The van der Waals surface area contributed by atoms with E-state index in [0.717, 1.165) is 5.56 Å². The van der Waals surface area contributed by atoms with Crippen LogP contribution < -0.4 is 10.6 Å². The lowest BCUT2D eigenvalue weighted by Crippen LogP contribution is -2.37. The van der Waals surface area contributed by atoms with Gasteiger partial charge in [-0.1, -0.05) is 17.7 Å². The van der Waals surface area contributed by atoms with Crippen LogP contribution in [0.25, 0.3) is 0 Å². The largest absolute Gasteiger partial charge is 0.348 e. The van der Waals surface area contributed by atoms with E-state index in [1.807, 2.05) is 13.0 Å². The van der Waals surface area contributed by atoms with Crippen molar-refractivity contribution in [1.29, 1.82) is 0 Å². The van der Waals surface area contributed by atoms with E-state index in [-0.39, 0.29) is 24.9 Å². The highest BCUT2D eigenvalue weighted by molar-refractivity contribution is 6.31. The van der Waals surface area contributed by atoms with Gasteiger partial charge in [0.25, 0.3) is 0 Å². The molecule has 0 fully saturated rings. The molecule has 2 N–H and O–H groups in total. The van der Waals surface area contributed by atoms with Gasteiger partial charge in [0.1, 0.15) is 0 Å². The fraction of sp³-hybridized carbons (Fsp3) is 0.385. The standard InChI is InChI=1S/C13H18ClN3O2/c1-9-4-5-10(14)6-11(9)16-12(18)7-15-8-13(19)17(2)3/h4-6,15H,7-8H2,1-3H3,(H,16,18). The summed E-state index contributed by atoms with van der Waals surface area (Å²) in [5, 5.41) is 6.09. The maximum Gasteiger partial charge on any atom is 0.238 e. The number of hydrogen-bond acceptors (Lipinski definition) is 3. The van der Waals surface area contributed by atoms with Crippen LogP contribution in [-0.2, 0) is 9.59 Å². The molecule has 19 heavy (non-hydrogen) atoms. The van der Waals surface area contributed by atoms with Crippen LogP contribution in [-0.4, -0.2) is 43.9 Å². The Morgan fingerprint density at radius 1 is 1.26 bits per heavy atom. The molecule has 0 heterocycles. The third-order valence-electron chi connectivity index (χ3n) is 2.53. The van der Waals surface area contributed by atoms with Crippen molar-refractivity contribution < 1.29 is 9.59 Å². The molecule has 0 saturated heterocycles. The molecule has 0 saturated carbocycles. The zero-order chi connectivity index (χ0) is 14.4. The lowest BCUT2D eigenvalue weighted by Gasteiger charge is -2.12. The lowest BCUT2D eigenvalue weighted by atomic mass is 10.2. The van der Waals surface area contributed by atoms with Gasteiger partial charge in [-0.2, -0.15) is 0 Å². The number of benzene rings is 1.